The minimum Gasteiger partial charge on any atom is -0.373 e. The first-order chi connectivity index (χ1) is 7.87. The zero-order valence-corrected chi connectivity index (χ0v) is 10.1. The van der Waals surface area contributed by atoms with E-state index in [9.17, 15) is 13.2 Å². The Kier molecular flexibility index (Phi) is 4.31. The van der Waals surface area contributed by atoms with Crippen LogP contribution in [0.5, 0.6) is 0 Å². The first-order valence-corrected chi connectivity index (χ1v) is 5.48. The molecule has 0 aliphatic carbocycles. The van der Waals surface area contributed by atoms with E-state index in [0.29, 0.717) is 12.2 Å². The average Bonchev–Trinajstić information content (AvgIpc) is 2.26. The Hall–Kier alpha value is -1.33. The lowest BCUT2D eigenvalue weighted by Gasteiger charge is -2.11. The van der Waals surface area contributed by atoms with E-state index in [1.807, 2.05) is 13.8 Å². The molecule has 0 saturated heterocycles. The number of alkyl halides is 3. The summed E-state index contributed by atoms with van der Waals surface area (Å²) in [6.45, 7) is 3.78. The predicted molar refractivity (Wildman–Crippen MR) is 60.1 cm³/mol. The zero-order valence-electron chi connectivity index (χ0n) is 10.1. The van der Waals surface area contributed by atoms with Gasteiger partial charge in [-0.25, -0.2) is 9.97 Å². The lowest BCUT2D eigenvalue weighted by Crippen LogP contribution is -2.12. The van der Waals surface area contributed by atoms with Gasteiger partial charge in [0.1, 0.15) is 11.6 Å². The Morgan fingerprint density at radius 1 is 1.24 bits per heavy atom. The zero-order chi connectivity index (χ0) is 13.1. The molecule has 0 spiro atoms. The number of rotatable bonds is 4. The lowest BCUT2D eigenvalue weighted by molar-refractivity contribution is -0.134. The molecule has 0 atom stereocenters. The SMILES string of the molecule is CCc1nc(CCC(F)(F)F)nc(NC)c1C. The fourth-order valence-electron chi connectivity index (χ4n) is 1.57. The fraction of sp³-hybridized carbons (Fsp3) is 0.636. The minimum absolute atomic E-state index is 0.175. The number of aromatic nitrogens is 2. The van der Waals surface area contributed by atoms with Crippen LogP contribution in [-0.4, -0.2) is 23.2 Å². The fourth-order valence-corrected chi connectivity index (χ4v) is 1.57. The summed E-state index contributed by atoms with van der Waals surface area (Å²) in [7, 11) is 1.70. The van der Waals surface area contributed by atoms with Crippen LogP contribution in [0.3, 0.4) is 0 Å². The van der Waals surface area contributed by atoms with Crippen LogP contribution >= 0.6 is 0 Å². The maximum Gasteiger partial charge on any atom is 0.389 e. The van der Waals surface area contributed by atoms with Crippen molar-refractivity contribution in [2.24, 2.45) is 0 Å². The van der Waals surface area contributed by atoms with Crippen molar-refractivity contribution in [2.45, 2.75) is 39.3 Å². The maximum atomic E-state index is 12.1. The number of nitrogens with zero attached hydrogens (tertiary/aromatic N) is 2. The first kappa shape index (κ1) is 13.7. The van der Waals surface area contributed by atoms with Crippen molar-refractivity contribution >= 4 is 5.82 Å². The molecule has 1 aromatic rings. The minimum atomic E-state index is -4.17. The molecule has 0 radical (unpaired) electrons. The molecule has 3 nitrogen and oxygen atoms in total. The topological polar surface area (TPSA) is 37.8 Å². The standard InChI is InChI=1S/C11H16F3N3/c1-4-8-7(2)10(15-3)17-9(16-8)5-6-11(12,13)14/h4-6H2,1-3H3,(H,15,16,17). The van der Waals surface area contributed by atoms with E-state index in [-0.39, 0.29) is 12.2 Å². The van der Waals surface area contributed by atoms with E-state index in [0.717, 1.165) is 11.3 Å². The molecule has 1 heterocycles. The van der Waals surface area contributed by atoms with Gasteiger partial charge in [0.15, 0.2) is 0 Å². The van der Waals surface area contributed by atoms with Crippen LogP contribution < -0.4 is 5.32 Å². The summed E-state index contributed by atoms with van der Waals surface area (Å²) >= 11 is 0. The molecular formula is C11H16F3N3. The molecule has 0 fully saturated rings. The molecular weight excluding hydrogens is 231 g/mol. The van der Waals surface area contributed by atoms with Crippen molar-refractivity contribution in [3.05, 3.63) is 17.1 Å². The van der Waals surface area contributed by atoms with Crippen LogP contribution in [0.4, 0.5) is 19.0 Å². The number of nitrogens with one attached hydrogen (secondary N) is 1. The molecule has 1 aromatic heterocycles. The van der Waals surface area contributed by atoms with Crippen molar-refractivity contribution in [3.63, 3.8) is 0 Å². The van der Waals surface area contributed by atoms with Crippen LogP contribution in [0.2, 0.25) is 0 Å². The second-order valence-electron chi connectivity index (χ2n) is 3.78. The van der Waals surface area contributed by atoms with Gasteiger partial charge in [-0.1, -0.05) is 6.92 Å². The molecule has 0 unspecified atom stereocenters. The highest BCUT2D eigenvalue weighted by atomic mass is 19.4. The number of anilines is 1. The van der Waals surface area contributed by atoms with E-state index >= 15 is 0 Å². The van der Waals surface area contributed by atoms with Crippen molar-refractivity contribution in [1.82, 2.24) is 9.97 Å². The highest BCUT2D eigenvalue weighted by Crippen LogP contribution is 2.22. The summed E-state index contributed by atoms with van der Waals surface area (Å²) < 4.78 is 36.3. The third kappa shape index (κ3) is 3.87. The summed E-state index contributed by atoms with van der Waals surface area (Å²) in [4.78, 5) is 8.23. The molecule has 0 aromatic carbocycles. The van der Waals surface area contributed by atoms with E-state index in [2.05, 4.69) is 15.3 Å². The van der Waals surface area contributed by atoms with E-state index < -0.39 is 12.6 Å². The van der Waals surface area contributed by atoms with Gasteiger partial charge >= 0.3 is 6.18 Å². The Morgan fingerprint density at radius 3 is 2.35 bits per heavy atom. The van der Waals surface area contributed by atoms with E-state index in [4.69, 9.17) is 0 Å². The van der Waals surface area contributed by atoms with Crippen molar-refractivity contribution in [2.75, 3.05) is 12.4 Å². The molecule has 1 N–H and O–H groups in total. The molecule has 96 valence electrons. The molecule has 0 aliphatic rings. The third-order valence-electron chi connectivity index (χ3n) is 2.50. The van der Waals surface area contributed by atoms with Crippen molar-refractivity contribution < 1.29 is 13.2 Å². The monoisotopic (exact) mass is 247 g/mol. The lowest BCUT2D eigenvalue weighted by atomic mass is 10.2. The first-order valence-electron chi connectivity index (χ1n) is 5.48. The van der Waals surface area contributed by atoms with Crippen LogP contribution in [0, 0.1) is 6.92 Å². The largest absolute Gasteiger partial charge is 0.389 e. The molecule has 0 amide bonds. The van der Waals surface area contributed by atoms with Crippen LogP contribution in [0.1, 0.15) is 30.4 Å². The van der Waals surface area contributed by atoms with Crippen LogP contribution in [-0.2, 0) is 12.8 Å². The predicted octanol–water partition coefficient (Wildman–Crippen LogP) is 2.88. The van der Waals surface area contributed by atoms with E-state index in [1.165, 1.54) is 0 Å². The van der Waals surface area contributed by atoms with Crippen LogP contribution in [0.15, 0.2) is 0 Å². The maximum absolute atomic E-state index is 12.1. The molecule has 0 aliphatic heterocycles. The van der Waals surface area contributed by atoms with Crippen molar-refractivity contribution in [1.29, 1.82) is 0 Å². The van der Waals surface area contributed by atoms with Crippen LogP contribution in [0.25, 0.3) is 0 Å². The molecule has 17 heavy (non-hydrogen) atoms. The Labute approximate surface area is 98.5 Å². The average molecular weight is 247 g/mol. The smallest absolute Gasteiger partial charge is 0.373 e. The van der Waals surface area contributed by atoms with Gasteiger partial charge in [-0.05, 0) is 13.3 Å². The second-order valence-corrected chi connectivity index (χ2v) is 3.78. The summed E-state index contributed by atoms with van der Waals surface area (Å²) in [5.41, 5.74) is 1.69. The van der Waals surface area contributed by atoms with Gasteiger partial charge in [0.05, 0.1) is 6.42 Å². The van der Waals surface area contributed by atoms with Crippen molar-refractivity contribution in [3.8, 4) is 0 Å². The molecule has 1 rings (SSSR count). The number of hydrogen-bond donors (Lipinski definition) is 1. The van der Waals surface area contributed by atoms with Gasteiger partial charge in [-0.15, -0.1) is 0 Å². The van der Waals surface area contributed by atoms with Gasteiger partial charge < -0.3 is 5.32 Å². The summed E-state index contributed by atoms with van der Waals surface area (Å²) in [5.74, 6) is 0.850. The second kappa shape index (κ2) is 5.33. The Bertz CT molecular complexity index is 363. The quantitative estimate of drug-likeness (QED) is 0.889. The highest BCUT2D eigenvalue weighted by molar-refractivity contribution is 5.45. The number of aryl methyl sites for hydroxylation is 2. The molecule has 0 saturated carbocycles. The number of halogens is 3. The Morgan fingerprint density at radius 2 is 1.88 bits per heavy atom. The summed E-state index contributed by atoms with van der Waals surface area (Å²) in [6, 6.07) is 0. The van der Waals surface area contributed by atoms with Gasteiger partial charge in [0, 0.05) is 24.7 Å². The molecule has 6 heteroatoms. The number of hydrogen-bond acceptors (Lipinski definition) is 3. The normalized spacial score (nSPS) is 11.6. The summed E-state index contributed by atoms with van der Waals surface area (Å²) in [6.07, 6.45) is -4.55. The Balaban J connectivity index is 2.93. The van der Waals surface area contributed by atoms with Gasteiger partial charge in [0.25, 0.3) is 0 Å². The van der Waals surface area contributed by atoms with Gasteiger partial charge in [0.2, 0.25) is 0 Å². The van der Waals surface area contributed by atoms with E-state index in [1.54, 1.807) is 7.05 Å². The third-order valence-corrected chi connectivity index (χ3v) is 2.50. The molecule has 0 bridgehead atoms. The highest BCUT2D eigenvalue weighted by Gasteiger charge is 2.27. The van der Waals surface area contributed by atoms with Gasteiger partial charge in [-0.3, -0.25) is 0 Å². The van der Waals surface area contributed by atoms with Gasteiger partial charge in [-0.2, -0.15) is 13.2 Å². The summed E-state index contributed by atoms with van der Waals surface area (Å²) in [5, 5.41) is 2.88.